The molecule has 0 spiro atoms. The van der Waals surface area contributed by atoms with Gasteiger partial charge in [0.05, 0.1) is 16.6 Å². The van der Waals surface area contributed by atoms with E-state index in [-0.39, 0.29) is 5.92 Å². The van der Waals surface area contributed by atoms with Crippen LogP contribution < -0.4 is 5.73 Å². The zero-order valence-corrected chi connectivity index (χ0v) is 10.2. The number of carboxylic acid groups (broad SMARTS) is 1. The maximum absolute atomic E-state index is 11.3. The minimum absolute atomic E-state index is 0.0262. The third-order valence-corrected chi connectivity index (χ3v) is 3.23. The molecule has 88 valence electrons. The van der Waals surface area contributed by atoms with E-state index in [0.717, 1.165) is 6.42 Å². The molecule has 1 aromatic carbocycles. The number of carboxylic acids is 1. The van der Waals surface area contributed by atoms with Crippen molar-refractivity contribution in [3.05, 3.63) is 28.8 Å². The van der Waals surface area contributed by atoms with Gasteiger partial charge >= 0.3 is 5.97 Å². The number of aliphatic carboxylic acids is 1. The minimum Gasteiger partial charge on any atom is -0.481 e. The summed E-state index contributed by atoms with van der Waals surface area (Å²) in [6.45, 7) is 3.86. The molecule has 0 aromatic heterocycles. The van der Waals surface area contributed by atoms with Gasteiger partial charge in [0.25, 0.3) is 0 Å². The summed E-state index contributed by atoms with van der Waals surface area (Å²) in [6, 6.07) is 5.12. The zero-order chi connectivity index (χ0) is 12.3. The highest BCUT2D eigenvalue weighted by molar-refractivity contribution is 6.33. The van der Waals surface area contributed by atoms with Gasteiger partial charge in [0.1, 0.15) is 0 Å². The fraction of sp³-hybridized carbons (Fsp3) is 0.417. The number of nitrogen functional groups attached to an aromatic ring is 1. The summed E-state index contributed by atoms with van der Waals surface area (Å²) in [5.74, 6) is -1.43. The first-order chi connectivity index (χ1) is 7.49. The highest BCUT2D eigenvalue weighted by atomic mass is 35.5. The van der Waals surface area contributed by atoms with Crippen molar-refractivity contribution in [2.24, 2.45) is 5.92 Å². The zero-order valence-electron chi connectivity index (χ0n) is 9.40. The maximum atomic E-state index is 11.3. The number of nitrogens with two attached hydrogens (primary N) is 1. The van der Waals surface area contributed by atoms with Crippen molar-refractivity contribution >= 4 is 23.3 Å². The molecule has 0 radical (unpaired) electrons. The van der Waals surface area contributed by atoms with E-state index in [0.29, 0.717) is 16.3 Å². The third kappa shape index (κ3) is 2.47. The Hall–Kier alpha value is -1.22. The Morgan fingerprint density at radius 2 is 2.19 bits per heavy atom. The molecular weight excluding hydrogens is 226 g/mol. The lowest BCUT2D eigenvalue weighted by Gasteiger charge is -2.21. The predicted molar refractivity (Wildman–Crippen MR) is 65.7 cm³/mol. The van der Waals surface area contributed by atoms with Crippen molar-refractivity contribution in [2.75, 3.05) is 5.73 Å². The van der Waals surface area contributed by atoms with Gasteiger partial charge in [0.15, 0.2) is 0 Å². The van der Waals surface area contributed by atoms with Crippen molar-refractivity contribution < 1.29 is 9.90 Å². The number of hydrogen-bond acceptors (Lipinski definition) is 2. The Balaban J connectivity index is 3.21. The summed E-state index contributed by atoms with van der Waals surface area (Å²) >= 11 is 5.89. The van der Waals surface area contributed by atoms with Crippen LogP contribution in [0, 0.1) is 5.92 Å². The van der Waals surface area contributed by atoms with Crippen LogP contribution in [0.4, 0.5) is 5.69 Å². The molecule has 0 aliphatic heterocycles. The largest absolute Gasteiger partial charge is 0.481 e. The first-order valence-electron chi connectivity index (χ1n) is 5.25. The van der Waals surface area contributed by atoms with E-state index < -0.39 is 11.9 Å². The number of carbonyl (C=O) groups is 1. The van der Waals surface area contributed by atoms with Crippen LogP contribution in [0.2, 0.25) is 5.02 Å². The fourth-order valence-corrected chi connectivity index (χ4v) is 1.93. The Kier molecular flexibility index (Phi) is 4.19. The minimum atomic E-state index is -0.858. The molecular formula is C12H16ClNO2. The molecule has 2 atom stereocenters. The Morgan fingerprint density at radius 1 is 1.56 bits per heavy atom. The third-order valence-electron chi connectivity index (χ3n) is 2.90. The Morgan fingerprint density at radius 3 is 2.69 bits per heavy atom. The topological polar surface area (TPSA) is 63.3 Å². The number of benzene rings is 1. The van der Waals surface area contributed by atoms with Crippen LogP contribution in [0.15, 0.2) is 18.2 Å². The standard InChI is InChI=1S/C12H16ClNO2/c1-3-7(2)10(12(15)16)8-5-4-6-9(13)11(8)14/h4-7,10H,3,14H2,1-2H3,(H,15,16). The van der Waals surface area contributed by atoms with Gasteiger partial charge in [0, 0.05) is 0 Å². The molecule has 0 aliphatic rings. The molecule has 0 saturated carbocycles. The summed E-state index contributed by atoms with van der Waals surface area (Å²) in [5, 5.41) is 9.65. The number of halogens is 1. The maximum Gasteiger partial charge on any atom is 0.311 e. The van der Waals surface area contributed by atoms with Crippen molar-refractivity contribution in [1.82, 2.24) is 0 Å². The predicted octanol–water partition coefficient (Wildman–Crippen LogP) is 3.14. The van der Waals surface area contributed by atoms with Crippen LogP contribution >= 0.6 is 11.6 Å². The van der Waals surface area contributed by atoms with Gasteiger partial charge in [-0.05, 0) is 17.5 Å². The average Bonchev–Trinajstić information content (AvgIpc) is 2.24. The van der Waals surface area contributed by atoms with E-state index in [1.54, 1.807) is 18.2 Å². The molecule has 3 N–H and O–H groups in total. The van der Waals surface area contributed by atoms with Gasteiger partial charge in [0.2, 0.25) is 0 Å². The van der Waals surface area contributed by atoms with Crippen molar-refractivity contribution in [2.45, 2.75) is 26.2 Å². The van der Waals surface area contributed by atoms with E-state index >= 15 is 0 Å². The second-order valence-electron chi connectivity index (χ2n) is 3.94. The highest BCUT2D eigenvalue weighted by Gasteiger charge is 2.27. The Bertz CT molecular complexity index is 393. The molecule has 16 heavy (non-hydrogen) atoms. The lowest BCUT2D eigenvalue weighted by molar-refractivity contribution is -0.140. The van der Waals surface area contributed by atoms with E-state index in [9.17, 15) is 9.90 Å². The van der Waals surface area contributed by atoms with Gasteiger partial charge < -0.3 is 10.8 Å². The summed E-state index contributed by atoms with van der Waals surface area (Å²) in [5.41, 5.74) is 6.80. The lowest BCUT2D eigenvalue weighted by atomic mass is 9.85. The average molecular weight is 242 g/mol. The second-order valence-corrected chi connectivity index (χ2v) is 4.35. The van der Waals surface area contributed by atoms with E-state index in [1.165, 1.54) is 0 Å². The summed E-state index contributed by atoms with van der Waals surface area (Å²) in [6.07, 6.45) is 0.781. The van der Waals surface area contributed by atoms with Crippen LogP contribution in [-0.4, -0.2) is 11.1 Å². The quantitative estimate of drug-likeness (QED) is 0.796. The molecule has 0 saturated heterocycles. The van der Waals surface area contributed by atoms with Crippen molar-refractivity contribution in [3.63, 3.8) is 0 Å². The normalized spacial score (nSPS) is 14.4. The molecule has 0 aliphatic carbocycles. The number of para-hydroxylation sites is 1. The molecule has 1 aromatic rings. The first kappa shape index (κ1) is 12.8. The van der Waals surface area contributed by atoms with Crippen LogP contribution in [-0.2, 0) is 4.79 Å². The van der Waals surface area contributed by atoms with Gasteiger partial charge in [-0.3, -0.25) is 4.79 Å². The fourth-order valence-electron chi connectivity index (χ4n) is 1.74. The second kappa shape index (κ2) is 5.21. The Labute approximate surface area is 100 Å². The molecule has 1 rings (SSSR count). The van der Waals surface area contributed by atoms with Gasteiger partial charge in [-0.15, -0.1) is 0 Å². The van der Waals surface area contributed by atoms with E-state index in [2.05, 4.69) is 0 Å². The van der Waals surface area contributed by atoms with Gasteiger partial charge in [-0.2, -0.15) is 0 Å². The summed E-state index contributed by atoms with van der Waals surface area (Å²) in [4.78, 5) is 11.3. The SMILES string of the molecule is CCC(C)C(C(=O)O)c1cccc(Cl)c1N. The molecule has 2 unspecified atom stereocenters. The molecule has 0 bridgehead atoms. The van der Waals surface area contributed by atoms with Crippen LogP contribution in [0.5, 0.6) is 0 Å². The lowest BCUT2D eigenvalue weighted by Crippen LogP contribution is -2.20. The molecule has 3 nitrogen and oxygen atoms in total. The van der Waals surface area contributed by atoms with Crippen LogP contribution in [0.25, 0.3) is 0 Å². The smallest absolute Gasteiger partial charge is 0.311 e. The summed E-state index contributed by atoms with van der Waals surface area (Å²) in [7, 11) is 0. The number of rotatable bonds is 4. The summed E-state index contributed by atoms with van der Waals surface area (Å²) < 4.78 is 0. The first-order valence-corrected chi connectivity index (χ1v) is 5.63. The van der Waals surface area contributed by atoms with Gasteiger partial charge in [-0.1, -0.05) is 44.0 Å². The molecule has 0 amide bonds. The van der Waals surface area contributed by atoms with Crippen molar-refractivity contribution in [3.8, 4) is 0 Å². The van der Waals surface area contributed by atoms with Crippen molar-refractivity contribution in [1.29, 1.82) is 0 Å². The molecule has 0 fully saturated rings. The van der Waals surface area contributed by atoms with E-state index in [4.69, 9.17) is 17.3 Å². The number of hydrogen-bond donors (Lipinski definition) is 2. The molecule has 0 heterocycles. The number of anilines is 1. The highest BCUT2D eigenvalue weighted by Crippen LogP contribution is 2.34. The van der Waals surface area contributed by atoms with Crippen LogP contribution in [0.1, 0.15) is 31.7 Å². The monoisotopic (exact) mass is 241 g/mol. The van der Waals surface area contributed by atoms with E-state index in [1.807, 2.05) is 13.8 Å². The van der Waals surface area contributed by atoms with Gasteiger partial charge in [-0.25, -0.2) is 0 Å². The van der Waals surface area contributed by atoms with Crippen LogP contribution in [0.3, 0.4) is 0 Å². The molecule has 4 heteroatoms.